The van der Waals surface area contributed by atoms with Crippen molar-refractivity contribution in [2.24, 2.45) is 0 Å². The van der Waals surface area contributed by atoms with E-state index in [9.17, 15) is 14.3 Å². The predicted octanol–water partition coefficient (Wildman–Crippen LogP) is 1.90. The number of aliphatic hydroxyl groups is 1. The van der Waals surface area contributed by atoms with Gasteiger partial charge >= 0.3 is 0 Å². The van der Waals surface area contributed by atoms with Crippen LogP contribution in [0.3, 0.4) is 0 Å². The second-order valence-electron chi connectivity index (χ2n) is 6.01. The Hall–Kier alpha value is -2.68. The Kier molecular flexibility index (Phi) is 6.45. The molecule has 3 rings (SSSR count). The third-order valence-electron chi connectivity index (χ3n) is 4.08. The van der Waals surface area contributed by atoms with Crippen molar-refractivity contribution in [3.63, 3.8) is 0 Å². The molecule has 7 nitrogen and oxygen atoms in total. The number of ether oxygens (including phenoxy) is 1. The molecule has 0 aliphatic carbocycles. The van der Waals surface area contributed by atoms with E-state index < -0.39 is 22.3 Å². The van der Waals surface area contributed by atoms with Crippen molar-refractivity contribution in [1.29, 1.82) is 0 Å². The number of benzene rings is 1. The summed E-state index contributed by atoms with van der Waals surface area (Å²) in [5.74, 6) is -1.43. The van der Waals surface area contributed by atoms with Crippen LogP contribution in [0, 0.1) is 5.82 Å². The standard InChI is InChI=1S/C19H19ClFN3O4/c20-18-16(21)17-15(19(23-18)28-9-7-22-6-8-25)13(26)10-14(27)24(17)11-12-4-2-1-3-5-12/h1-5,10,22,25-26H,6-9,11H2. The van der Waals surface area contributed by atoms with Crippen molar-refractivity contribution < 1.29 is 19.3 Å². The van der Waals surface area contributed by atoms with E-state index in [2.05, 4.69) is 10.3 Å². The lowest BCUT2D eigenvalue weighted by molar-refractivity contribution is 0.273. The minimum Gasteiger partial charge on any atom is -0.507 e. The zero-order chi connectivity index (χ0) is 20.1. The van der Waals surface area contributed by atoms with Crippen molar-refractivity contribution in [2.75, 3.05) is 26.3 Å². The lowest BCUT2D eigenvalue weighted by atomic mass is 10.2. The van der Waals surface area contributed by atoms with Crippen molar-refractivity contribution in [3.05, 3.63) is 63.3 Å². The second-order valence-corrected chi connectivity index (χ2v) is 6.36. The number of aromatic nitrogens is 2. The summed E-state index contributed by atoms with van der Waals surface area (Å²) in [5.41, 5.74) is 0.0253. The lowest BCUT2D eigenvalue weighted by Gasteiger charge is -2.16. The Morgan fingerprint density at radius 3 is 2.71 bits per heavy atom. The number of pyridine rings is 2. The largest absolute Gasteiger partial charge is 0.507 e. The number of nitrogens with one attached hydrogen (secondary N) is 1. The monoisotopic (exact) mass is 407 g/mol. The van der Waals surface area contributed by atoms with Crippen LogP contribution in [0.5, 0.6) is 11.6 Å². The van der Waals surface area contributed by atoms with Gasteiger partial charge in [0.15, 0.2) is 11.0 Å². The molecule has 0 saturated heterocycles. The van der Waals surface area contributed by atoms with Gasteiger partial charge in [0, 0.05) is 19.2 Å². The molecule has 0 unspecified atom stereocenters. The molecule has 0 atom stereocenters. The summed E-state index contributed by atoms with van der Waals surface area (Å²) in [5, 5.41) is 21.5. The Morgan fingerprint density at radius 2 is 2.00 bits per heavy atom. The minimum atomic E-state index is -0.911. The van der Waals surface area contributed by atoms with Gasteiger partial charge in [-0.1, -0.05) is 41.9 Å². The number of aliphatic hydroxyl groups excluding tert-OH is 1. The van der Waals surface area contributed by atoms with Crippen LogP contribution in [0.15, 0.2) is 41.2 Å². The lowest BCUT2D eigenvalue weighted by Crippen LogP contribution is -2.24. The molecule has 0 radical (unpaired) electrons. The Balaban J connectivity index is 2.08. The number of rotatable bonds is 8. The van der Waals surface area contributed by atoms with Crippen LogP contribution in [0.2, 0.25) is 5.15 Å². The molecule has 0 spiro atoms. The number of halogens is 2. The predicted molar refractivity (Wildman–Crippen MR) is 104 cm³/mol. The van der Waals surface area contributed by atoms with Crippen LogP contribution < -0.4 is 15.6 Å². The normalized spacial score (nSPS) is 11.1. The highest BCUT2D eigenvalue weighted by atomic mass is 35.5. The van der Waals surface area contributed by atoms with Crippen molar-refractivity contribution in [2.45, 2.75) is 6.54 Å². The molecule has 0 aliphatic rings. The summed E-state index contributed by atoms with van der Waals surface area (Å²) >= 11 is 5.92. The number of aromatic hydroxyl groups is 1. The van der Waals surface area contributed by atoms with Gasteiger partial charge in [0.1, 0.15) is 17.7 Å². The molecular formula is C19H19ClFN3O4. The highest BCUT2D eigenvalue weighted by Crippen LogP contribution is 2.35. The quantitative estimate of drug-likeness (QED) is 0.390. The molecular weight excluding hydrogens is 389 g/mol. The van der Waals surface area contributed by atoms with Crippen LogP contribution in [0.1, 0.15) is 5.56 Å². The maximum atomic E-state index is 14.8. The first-order chi connectivity index (χ1) is 13.5. The van der Waals surface area contributed by atoms with Gasteiger partial charge in [0.25, 0.3) is 5.56 Å². The number of hydrogen-bond acceptors (Lipinski definition) is 6. The molecule has 2 aromatic heterocycles. The summed E-state index contributed by atoms with van der Waals surface area (Å²) in [6.07, 6.45) is 0. The van der Waals surface area contributed by atoms with E-state index in [1.54, 1.807) is 12.1 Å². The van der Waals surface area contributed by atoms with Gasteiger partial charge in [-0.05, 0) is 5.56 Å². The SMILES string of the molecule is O=c1cc(O)c2c(OCCNCCO)nc(Cl)c(F)c2n1Cc1ccccc1. The van der Waals surface area contributed by atoms with E-state index in [1.807, 2.05) is 18.2 Å². The summed E-state index contributed by atoms with van der Waals surface area (Å²) in [6.45, 7) is 0.995. The first-order valence-electron chi connectivity index (χ1n) is 8.62. The molecule has 1 aromatic carbocycles. The topological polar surface area (TPSA) is 96.6 Å². The van der Waals surface area contributed by atoms with E-state index in [1.165, 1.54) is 4.57 Å². The molecule has 3 N–H and O–H groups in total. The first kappa shape index (κ1) is 20.1. The molecule has 28 heavy (non-hydrogen) atoms. The highest BCUT2D eigenvalue weighted by Gasteiger charge is 2.21. The molecule has 0 bridgehead atoms. The van der Waals surface area contributed by atoms with Crippen molar-refractivity contribution >= 4 is 22.5 Å². The molecule has 0 saturated carbocycles. The zero-order valence-electron chi connectivity index (χ0n) is 14.9. The third-order valence-corrected chi connectivity index (χ3v) is 4.33. The van der Waals surface area contributed by atoms with Gasteiger partial charge < -0.3 is 24.8 Å². The summed E-state index contributed by atoms with van der Waals surface area (Å²) in [7, 11) is 0. The van der Waals surface area contributed by atoms with Crippen LogP contribution >= 0.6 is 11.6 Å². The summed E-state index contributed by atoms with van der Waals surface area (Å²) in [4.78, 5) is 16.3. The molecule has 148 valence electrons. The Bertz CT molecular complexity index is 1030. The molecule has 0 amide bonds. The molecule has 0 aliphatic heterocycles. The molecule has 3 aromatic rings. The average Bonchev–Trinajstić information content (AvgIpc) is 2.68. The van der Waals surface area contributed by atoms with Crippen LogP contribution in [-0.2, 0) is 6.54 Å². The van der Waals surface area contributed by atoms with Crippen LogP contribution in [0.25, 0.3) is 10.9 Å². The summed E-state index contributed by atoms with van der Waals surface area (Å²) in [6, 6.07) is 10.0. The van der Waals surface area contributed by atoms with Gasteiger partial charge in [-0.2, -0.15) is 4.98 Å². The maximum Gasteiger partial charge on any atom is 0.255 e. The number of hydrogen-bond donors (Lipinski definition) is 3. The average molecular weight is 408 g/mol. The Morgan fingerprint density at radius 1 is 1.25 bits per heavy atom. The summed E-state index contributed by atoms with van der Waals surface area (Å²) < 4.78 is 21.6. The second kappa shape index (κ2) is 9.01. The maximum absolute atomic E-state index is 14.8. The van der Waals surface area contributed by atoms with Crippen LogP contribution in [0.4, 0.5) is 4.39 Å². The van der Waals surface area contributed by atoms with Crippen molar-refractivity contribution in [3.8, 4) is 11.6 Å². The van der Waals surface area contributed by atoms with Gasteiger partial charge in [0.2, 0.25) is 5.88 Å². The van der Waals surface area contributed by atoms with Gasteiger partial charge in [-0.15, -0.1) is 0 Å². The molecule has 9 heteroatoms. The van der Waals surface area contributed by atoms with Gasteiger partial charge in [0.05, 0.1) is 18.7 Å². The van der Waals surface area contributed by atoms with Gasteiger partial charge in [-0.25, -0.2) is 4.39 Å². The fourth-order valence-electron chi connectivity index (χ4n) is 2.82. The molecule has 2 heterocycles. The first-order valence-corrected chi connectivity index (χ1v) is 9.00. The van der Waals surface area contributed by atoms with Gasteiger partial charge in [-0.3, -0.25) is 4.79 Å². The highest BCUT2D eigenvalue weighted by molar-refractivity contribution is 6.30. The fraction of sp³-hybridized carbons (Fsp3) is 0.263. The fourth-order valence-corrected chi connectivity index (χ4v) is 2.98. The van der Waals surface area contributed by atoms with E-state index in [-0.39, 0.29) is 36.5 Å². The molecule has 0 fully saturated rings. The van der Waals surface area contributed by atoms with Crippen LogP contribution in [-0.4, -0.2) is 46.1 Å². The number of nitrogens with zero attached hydrogens (tertiary/aromatic N) is 2. The smallest absolute Gasteiger partial charge is 0.255 e. The number of fused-ring (bicyclic) bond motifs is 1. The minimum absolute atomic E-state index is 0.0178. The van der Waals surface area contributed by atoms with E-state index >= 15 is 0 Å². The van der Waals surface area contributed by atoms with E-state index in [0.29, 0.717) is 13.1 Å². The Labute approximate surface area is 165 Å². The van der Waals surface area contributed by atoms with E-state index in [0.717, 1.165) is 11.6 Å². The van der Waals surface area contributed by atoms with Crippen molar-refractivity contribution in [1.82, 2.24) is 14.9 Å². The van der Waals surface area contributed by atoms with E-state index in [4.69, 9.17) is 21.4 Å². The zero-order valence-corrected chi connectivity index (χ0v) is 15.6. The third kappa shape index (κ3) is 4.24.